The Morgan fingerprint density at radius 3 is 2.75 bits per heavy atom. The quantitative estimate of drug-likeness (QED) is 0.474. The summed E-state index contributed by atoms with van der Waals surface area (Å²) in [4.78, 5) is 16.5. The van der Waals surface area contributed by atoms with E-state index in [0.717, 1.165) is 10.9 Å². The number of hydrogen-bond donors (Lipinski definition) is 5. The van der Waals surface area contributed by atoms with Gasteiger partial charge in [-0.1, -0.05) is 6.07 Å². The maximum atomic E-state index is 12.4. The SMILES string of the molecule is O=C(NC1C(O)O[C@H](CO)[C@@H](O)[C@@H]1O)c1ccc2ncccc2c1. The molecule has 5 N–H and O–H groups in total. The highest BCUT2D eigenvalue weighted by molar-refractivity contribution is 5.98. The number of aliphatic hydroxyl groups excluding tert-OH is 4. The van der Waals surface area contributed by atoms with E-state index in [1.807, 2.05) is 6.07 Å². The summed E-state index contributed by atoms with van der Waals surface area (Å²) in [5.41, 5.74) is 1.05. The molecular weight excluding hydrogens is 316 g/mol. The van der Waals surface area contributed by atoms with Crippen molar-refractivity contribution in [2.75, 3.05) is 6.61 Å². The van der Waals surface area contributed by atoms with E-state index in [0.29, 0.717) is 5.56 Å². The number of ether oxygens (including phenoxy) is 1. The molecule has 0 spiro atoms. The van der Waals surface area contributed by atoms with Crippen molar-refractivity contribution in [3.63, 3.8) is 0 Å². The number of fused-ring (bicyclic) bond motifs is 1. The molecule has 1 saturated heterocycles. The smallest absolute Gasteiger partial charge is 0.251 e. The number of carbonyl (C=O) groups excluding carboxylic acids is 1. The number of aromatic nitrogens is 1. The molecule has 2 heterocycles. The zero-order valence-electron chi connectivity index (χ0n) is 12.6. The van der Waals surface area contributed by atoms with Gasteiger partial charge in [0.2, 0.25) is 0 Å². The van der Waals surface area contributed by atoms with Gasteiger partial charge in [0.05, 0.1) is 12.1 Å². The number of carbonyl (C=O) groups is 1. The van der Waals surface area contributed by atoms with Gasteiger partial charge in [-0.25, -0.2) is 0 Å². The minimum Gasteiger partial charge on any atom is -0.394 e. The Hall–Kier alpha value is -2.10. The Bertz CT molecular complexity index is 739. The predicted octanol–water partition coefficient (Wildman–Crippen LogP) is -1.24. The molecule has 128 valence electrons. The molecule has 1 amide bonds. The number of pyridine rings is 1. The van der Waals surface area contributed by atoms with E-state index in [1.165, 1.54) is 0 Å². The molecule has 8 nitrogen and oxygen atoms in total. The van der Waals surface area contributed by atoms with Crippen molar-refractivity contribution in [1.82, 2.24) is 10.3 Å². The van der Waals surface area contributed by atoms with Crippen LogP contribution in [0.3, 0.4) is 0 Å². The largest absolute Gasteiger partial charge is 0.394 e. The average Bonchev–Trinajstić information content (AvgIpc) is 2.61. The fourth-order valence-corrected chi connectivity index (χ4v) is 2.70. The molecule has 0 aliphatic carbocycles. The summed E-state index contributed by atoms with van der Waals surface area (Å²) in [5, 5.41) is 42.1. The van der Waals surface area contributed by atoms with Gasteiger partial charge < -0.3 is 30.5 Å². The molecular formula is C16H18N2O6. The van der Waals surface area contributed by atoms with Crippen LogP contribution in [0.1, 0.15) is 10.4 Å². The van der Waals surface area contributed by atoms with Gasteiger partial charge in [-0.2, -0.15) is 0 Å². The number of rotatable bonds is 3. The lowest BCUT2D eigenvalue weighted by atomic mass is 9.96. The molecule has 1 aliphatic rings. The number of benzene rings is 1. The number of amides is 1. The van der Waals surface area contributed by atoms with Gasteiger partial charge in [0.25, 0.3) is 5.91 Å². The van der Waals surface area contributed by atoms with Crippen LogP contribution in [0, 0.1) is 0 Å². The van der Waals surface area contributed by atoms with Gasteiger partial charge >= 0.3 is 0 Å². The Labute approximate surface area is 137 Å². The molecule has 2 unspecified atom stereocenters. The highest BCUT2D eigenvalue weighted by Gasteiger charge is 2.44. The Balaban J connectivity index is 1.77. The predicted molar refractivity (Wildman–Crippen MR) is 83.0 cm³/mol. The second-order valence-electron chi connectivity index (χ2n) is 5.64. The van der Waals surface area contributed by atoms with Crippen molar-refractivity contribution in [2.45, 2.75) is 30.6 Å². The fourth-order valence-electron chi connectivity index (χ4n) is 2.70. The minimum absolute atomic E-state index is 0.314. The molecule has 0 radical (unpaired) electrons. The van der Waals surface area contributed by atoms with Gasteiger partial charge in [-0.3, -0.25) is 9.78 Å². The van der Waals surface area contributed by atoms with Crippen molar-refractivity contribution in [3.05, 3.63) is 42.1 Å². The van der Waals surface area contributed by atoms with Gasteiger partial charge in [-0.15, -0.1) is 0 Å². The normalized spacial score (nSPS) is 30.2. The zero-order valence-corrected chi connectivity index (χ0v) is 12.6. The molecule has 5 atom stereocenters. The standard InChI is InChI=1S/C16H18N2O6/c19-7-11-13(20)14(21)12(16(23)24-11)18-15(22)9-3-4-10-8(6-9)2-1-5-17-10/h1-6,11-14,16,19-21,23H,7H2,(H,18,22)/t11-,12?,13-,14-,16?/m1/s1. The number of aliphatic hydroxyl groups is 4. The van der Waals surface area contributed by atoms with Gasteiger partial charge in [-0.05, 0) is 24.3 Å². The summed E-state index contributed by atoms with van der Waals surface area (Å²) < 4.78 is 5.01. The van der Waals surface area contributed by atoms with E-state index in [2.05, 4.69) is 10.3 Å². The Kier molecular flexibility index (Phi) is 4.74. The third kappa shape index (κ3) is 3.10. The number of hydrogen-bond acceptors (Lipinski definition) is 7. The van der Waals surface area contributed by atoms with Crippen LogP contribution >= 0.6 is 0 Å². The summed E-state index contributed by atoms with van der Waals surface area (Å²) in [6.45, 7) is -0.562. The first-order chi connectivity index (χ1) is 11.5. The molecule has 8 heteroatoms. The van der Waals surface area contributed by atoms with Gasteiger partial charge in [0.1, 0.15) is 24.4 Å². The number of nitrogens with one attached hydrogen (secondary N) is 1. The maximum Gasteiger partial charge on any atom is 0.251 e. The maximum absolute atomic E-state index is 12.4. The molecule has 1 aromatic heterocycles. The van der Waals surface area contributed by atoms with Crippen LogP contribution in [0.15, 0.2) is 36.5 Å². The summed E-state index contributed by atoms with van der Waals surface area (Å²) in [5.74, 6) is -0.540. The summed E-state index contributed by atoms with van der Waals surface area (Å²) in [6.07, 6.45) is -3.92. The fraction of sp³-hybridized carbons (Fsp3) is 0.375. The van der Waals surface area contributed by atoms with Crippen LogP contribution < -0.4 is 5.32 Å². The van der Waals surface area contributed by atoms with E-state index in [9.17, 15) is 20.1 Å². The highest BCUT2D eigenvalue weighted by atomic mass is 16.6. The molecule has 1 aromatic carbocycles. The molecule has 2 aromatic rings. The lowest BCUT2D eigenvalue weighted by Gasteiger charge is -2.40. The average molecular weight is 334 g/mol. The van der Waals surface area contributed by atoms with E-state index in [1.54, 1.807) is 30.5 Å². The first-order valence-corrected chi connectivity index (χ1v) is 7.47. The molecule has 1 fully saturated rings. The van der Waals surface area contributed by atoms with Gasteiger partial charge in [0, 0.05) is 17.1 Å². The number of nitrogens with zero attached hydrogens (tertiary/aromatic N) is 1. The summed E-state index contributed by atoms with van der Waals surface area (Å²) in [6, 6.07) is 7.22. The lowest BCUT2D eigenvalue weighted by Crippen LogP contribution is -2.64. The van der Waals surface area contributed by atoms with Crippen LogP contribution in [0.25, 0.3) is 10.9 Å². The van der Waals surface area contributed by atoms with E-state index in [4.69, 9.17) is 9.84 Å². The monoisotopic (exact) mass is 334 g/mol. The van der Waals surface area contributed by atoms with Crippen molar-refractivity contribution in [3.8, 4) is 0 Å². The van der Waals surface area contributed by atoms with Crippen molar-refractivity contribution < 1.29 is 30.0 Å². The lowest BCUT2D eigenvalue weighted by molar-refractivity contribution is -0.252. The highest BCUT2D eigenvalue weighted by Crippen LogP contribution is 2.20. The van der Waals surface area contributed by atoms with Gasteiger partial charge in [0.15, 0.2) is 6.29 Å². The van der Waals surface area contributed by atoms with Crippen LogP contribution in [-0.4, -0.2) is 68.6 Å². The van der Waals surface area contributed by atoms with E-state index >= 15 is 0 Å². The van der Waals surface area contributed by atoms with Crippen molar-refractivity contribution in [1.29, 1.82) is 0 Å². The van der Waals surface area contributed by atoms with E-state index in [-0.39, 0.29) is 0 Å². The van der Waals surface area contributed by atoms with Crippen LogP contribution in [-0.2, 0) is 4.74 Å². The molecule has 0 saturated carbocycles. The summed E-state index contributed by atoms with van der Waals surface area (Å²) in [7, 11) is 0. The third-order valence-corrected chi connectivity index (χ3v) is 4.06. The third-order valence-electron chi connectivity index (χ3n) is 4.06. The van der Waals surface area contributed by atoms with Crippen molar-refractivity contribution in [2.24, 2.45) is 0 Å². The van der Waals surface area contributed by atoms with Crippen LogP contribution in [0.5, 0.6) is 0 Å². The zero-order chi connectivity index (χ0) is 17.3. The molecule has 1 aliphatic heterocycles. The Morgan fingerprint density at radius 1 is 1.21 bits per heavy atom. The summed E-state index contributed by atoms with van der Waals surface area (Å²) >= 11 is 0. The van der Waals surface area contributed by atoms with E-state index < -0.39 is 43.2 Å². The second kappa shape index (κ2) is 6.80. The Morgan fingerprint density at radius 2 is 2.00 bits per heavy atom. The molecule has 24 heavy (non-hydrogen) atoms. The molecule has 0 bridgehead atoms. The van der Waals surface area contributed by atoms with Crippen molar-refractivity contribution >= 4 is 16.8 Å². The van der Waals surface area contributed by atoms with Crippen LogP contribution in [0.2, 0.25) is 0 Å². The first-order valence-electron chi connectivity index (χ1n) is 7.47. The topological polar surface area (TPSA) is 132 Å². The second-order valence-corrected chi connectivity index (χ2v) is 5.64. The first kappa shape index (κ1) is 16.7. The molecule has 3 rings (SSSR count). The van der Waals surface area contributed by atoms with Crippen LogP contribution in [0.4, 0.5) is 0 Å². The minimum atomic E-state index is -1.55.